The lowest BCUT2D eigenvalue weighted by molar-refractivity contribution is -0.109. The molecule has 0 aliphatic rings. The summed E-state index contributed by atoms with van der Waals surface area (Å²) in [6, 6.07) is 3.77. The summed E-state index contributed by atoms with van der Waals surface area (Å²) < 4.78 is 0.937. The first-order valence-electron chi connectivity index (χ1n) is 3.84. The minimum absolute atomic E-state index is 0.0573. The summed E-state index contributed by atoms with van der Waals surface area (Å²) in [6.07, 6.45) is 3.45. The zero-order valence-corrected chi connectivity index (χ0v) is 8.41. The largest absolute Gasteiger partial charge is 0.303 e. The highest BCUT2D eigenvalue weighted by molar-refractivity contribution is 9.10. The minimum atomic E-state index is -0.0573. The van der Waals surface area contributed by atoms with Crippen LogP contribution in [0.1, 0.15) is 25.0 Å². The molecular formula is C9H10BrNO. The van der Waals surface area contributed by atoms with E-state index in [1.165, 1.54) is 0 Å². The highest BCUT2D eigenvalue weighted by atomic mass is 79.9. The molecule has 0 radical (unpaired) electrons. The van der Waals surface area contributed by atoms with Gasteiger partial charge in [-0.25, -0.2) is 0 Å². The van der Waals surface area contributed by atoms with Crippen molar-refractivity contribution in [2.24, 2.45) is 0 Å². The molecule has 1 unspecified atom stereocenters. The van der Waals surface area contributed by atoms with Crippen molar-refractivity contribution in [2.45, 2.75) is 19.3 Å². The van der Waals surface area contributed by atoms with Crippen LogP contribution in [0.3, 0.4) is 0 Å². The summed E-state index contributed by atoms with van der Waals surface area (Å²) >= 11 is 3.29. The Kier molecular flexibility index (Phi) is 3.41. The minimum Gasteiger partial charge on any atom is -0.303 e. The van der Waals surface area contributed by atoms with E-state index in [2.05, 4.69) is 20.9 Å². The van der Waals surface area contributed by atoms with E-state index >= 15 is 0 Å². The molecule has 12 heavy (non-hydrogen) atoms. The predicted octanol–water partition coefficient (Wildman–Crippen LogP) is 2.54. The molecule has 1 aromatic rings. The van der Waals surface area contributed by atoms with Gasteiger partial charge in [0.05, 0.1) is 11.6 Å². The van der Waals surface area contributed by atoms with E-state index in [9.17, 15) is 4.79 Å². The SMILES string of the molecule is CCC(C=O)c1ccc(Br)cn1. The van der Waals surface area contributed by atoms with Gasteiger partial charge in [-0.1, -0.05) is 6.92 Å². The number of hydrogen-bond acceptors (Lipinski definition) is 2. The molecular weight excluding hydrogens is 218 g/mol. The summed E-state index contributed by atoms with van der Waals surface area (Å²) in [4.78, 5) is 14.7. The first-order chi connectivity index (χ1) is 5.77. The number of pyridine rings is 1. The molecule has 1 rings (SSSR count). The maximum Gasteiger partial charge on any atom is 0.129 e. The second-order valence-electron chi connectivity index (χ2n) is 2.55. The van der Waals surface area contributed by atoms with Gasteiger partial charge in [0.2, 0.25) is 0 Å². The zero-order chi connectivity index (χ0) is 8.97. The maximum atomic E-state index is 10.6. The second kappa shape index (κ2) is 4.36. The molecule has 0 saturated carbocycles. The van der Waals surface area contributed by atoms with E-state index < -0.39 is 0 Å². The summed E-state index contributed by atoms with van der Waals surface area (Å²) in [5.74, 6) is -0.0573. The second-order valence-corrected chi connectivity index (χ2v) is 3.47. The van der Waals surface area contributed by atoms with Crippen LogP contribution in [-0.2, 0) is 4.79 Å². The number of aldehydes is 1. The van der Waals surface area contributed by atoms with Gasteiger partial charge in [0, 0.05) is 10.7 Å². The first kappa shape index (κ1) is 9.39. The molecule has 0 aliphatic heterocycles. The van der Waals surface area contributed by atoms with Crippen LogP contribution in [0, 0.1) is 0 Å². The molecule has 0 amide bonds. The topological polar surface area (TPSA) is 30.0 Å². The fourth-order valence-electron chi connectivity index (χ4n) is 0.982. The van der Waals surface area contributed by atoms with Crippen molar-refractivity contribution in [1.29, 1.82) is 0 Å². The summed E-state index contributed by atoms with van der Waals surface area (Å²) in [7, 11) is 0. The van der Waals surface area contributed by atoms with Crippen LogP contribution in [-0.4, -0.2) is 11.3 Å². The standard InChI is InChI=1S/C9H10BrNO/c1-2-7(6-12)9-4-3-8(10)5-11-9/h3-7H,2H2,1H3. The molecule has 0 aliphatic carbocycles. The zero-order valence-electron chi connectivity index (χ0n) is 6.83. The highest BCUT2D eigenvalue weighted by Crippen LogP contribution is 2.16. The molecule has 0 saturated heterocycles. The van der Waals surface area contributed by atoms with Gasteiger partial charge < -0.3 is 4.79 Å². The maximum absolute atomic E-state index is 10.6. The van der Waals surface area contributed by atoms with E-state index in [1.54, 1.807) is 6.20 Å². The molecule has 0 spiro atoms. The summed E-state index contributed by atoms with van der Waals surface area (Å²) in [6.45, 7) is 1.97. The summed E-state index contributed by atoms with van der Waals surface area (Å²) in [5.41, 5.74) is 0.843. The Balaban J connectivity index is 2.87. The van der Waals surface area contributed by atoms with Crippen molar-refractivity contribution in [3.63, 3.8) is 0 Å². The van der Waals surface area contributed by atoms with Crippen molar-refractivity contribution in [2.75, 3.05) is 0 Å². The van der Waals surface area contributed by atoms with Gasteiger partial charge in [-0.05, 0) is 34.5 Å². The van der Waals surface area contributed by atoms with E-state index in [0.717, 1.165) is 22.9 Å². The molecule has 2 nitrogen and oxygen atoms in total. The number of carbonyl (C=O) groups excluding carboxylic acids is 1. The summed E-state index contributed by atoms with van der Waals surface area (Å²) in [5, 5.41) is 0. The van der Waals surface area contributed by atoms with Crippen molar-refractivity contribution in [3.8, 4) is 0 Å². The average Bonchev–Trinajstić information content (AvgIpc) is 2.10. The Labute approximate surface area is 80.1 Å². The number of nitrogens with zero attached hydrogens (tertiary/aromatic N) is 1. The van der Waals surface area contributed by atoms with Gasteiger partial charge in [0.25, 0.3) is 0 Å². The number of carbonyl (C=O) groups is 1. The Morgan fingerprint density at radius 3 is 2.83 bits per heavy atom. The molecule has 0 bridgehead atoms. The Morgan fingerprint density at radius 2 is 2.42 bits per heavy atom. The van der Waals surface area contributed by atoms with E-state index in [1.807, 2.05) is 19.1 Å². The first-order valence-corrected chi connectivity index (χ1v) is 4.64. The average molecular weight is 228 g/mol. The van der Waals surface area contributed by atoms with E-state index in [0.29, 0.717) is 0 Å². The molecule has 64 valence electrons. The Hall–Kier alpha value is -0.700. The lowest BCUT2D eigenvalue weighted by Gasteiger charge is -2.05. The number of halogens is 1. The predicted molar refractivity (Wildman–Crippen MR) is 51.0 cm³/mol. The number of hydrogen-bond donors (Lipinski definition) is 0. The third kappa shape index (κ3) is 2.14. The Bertz CT molecular complexity index is 258. The molecule has 0 aromatic carbocycles. The van der Waals surface area contributed by atoms with Crippen LogP contribution in [0.25, 0.3) is 0 Å². The van der Waals surface area contributed by atoms with Gasteiger partial charge in [0.1, 0.15) is 6.29 Å². The smallest absolute Gasteiger partial charge is 0.129 e. The third-order valence-corrected chi connectivity index (χ3v) is 2.20. The fourth-order valence-corrected chi connectivity index (χ4v) is 1.22. The molecule has 1 atom stereocenters. The van der Waals surface area contributed by atoms with Crippen LogP contribution in [0.4, 0.5) is 0 Å². The van der Waals surface area contributed by atoms with Crippen LogP contribution in [0.2, 0.25) is 0 Å². The van der Waals surface area contributed by atoms with Gasteiger partial charge in [-0.3, -0.25) is 4.98 Å². The van der Waals surface area contributed by atoms with Crippen molar-refractivity contribution >= 4 is 22.2 Å². The highest BCUT2D eigenvalue weighted by Gasteiger charge is 2.07. The van der Waals surface area contributed by atoms with Gasteiger partial charge >= 0.3 is 0 Å². The third-order valence-electron chi connectivity index (χ3n) is 1.73. The van der Waals surface area contributed by atoms with E-state index in [-0.39, 0.29) is 5.92 Å². The molecule has 1 aromatic heterocycles. The van der Waals surface area contributed by atoms with Crippen LogP contribution in [0.5, 0.6) is 0 Å². The lowest BCUT2D eigenvalue weighted by atomic mass is 10.0. The van der Waals surface area contributed by atoms with Crippen LogP contribution in [0.15, 0.2) is 22.8 Å². The lowest BCUT2D eigenvalue weighted by Crippen LogP contribution is -2.00. The molecule has 0 fully saturated rings. The number of aromatic nitrogens is 1. The van der Waals surface area contributed by atoms with Crippen molar-refractivity contribution < 1.29 is 4.79 Å². The van der Waals surface area contributed by atoms with Crippen molar-refractivity contribution in [3.05, 3.63) is 28.5 Å². The molecule has 3 heteroatoms. The van der Waals surface area contributed by atoms with Gasteiger partial charge in [-0.2, -0.15) is 0 Å². The van der Waals surface area contributed by atoms with Crippen LogP contribution >= 0.6 is 15.9 Å². The fraction of sp³-hybridized carbons (Fsp3) is 0.333. The number of rotatable bonds is 3. The van der Waals surface area contributed by atoms with Crippen molar-refractivity contribution in [1.82, 2.24) is 4.98 Å². The van der Waals surface area contributed by atoms with Crippen LogP contribution < -0.4 is 0 Å². The normalized spacial score (nSPS) is 12.5. The monoisotopic (exact) mass is 227 g/mol. The Morgan fingerprint density at radius 1 is 1.67 bits per heavy atom. The van der Waals surface area contributed by atoms with Gasteiger partial charge in [0.15, 0.2) is 0 Å². The van der Waals surface area contributed by atoms with E-state index in [4.69, 9.17) is 0 Å². The molecule has 1 heterocycles. The quantitative estimate of drug-likeness (QED) is 0.744. The van der Waals surface area contributed by atoms with Gasteiger partial charge in [-0.15, -0.1) is 0 Å². The molecule has 0 N–H and O–H groups in total.